The molecule has 1 aromatic carbocycles. The summed E-state index contributed by atoms with van der Waals surface area (Å²) in [5.41, 5.74) is 4.61. The minimum Gasteiger partial charge on any atom is -0.511 e. The normalized spacial score (nSPS) is 23.2. The van der Waals surface area contributed by atoms with Crippen molar-refractivity contribution in [2.24, 2.45) is 11.8 Å². The number of nitrogens with zero attached hydrogens (tertiary/aromatic N) is 1. The van der Waals surface area contributed by atoms with E-state index in [2.05, 4.69) is 24.0 Å². The minimum atomic E-state index is 0.0939. The first-order chi connectivity index (χ1) is 11.6. The van der Waals surface area contributed by atoms with Gasteiger partial charge in [0.15, 0.2) is 5.78 Å². The second-order valence-electron chi connectivity index (χ2n) is 6.85. The average molecular weight is 339 g/mol. The molecule has 4 rings (SSSR count). The fourth-order valence-corrected chi connectivity index (χ4v) is 4.80. The molecule has 0 aliphatic heterocycles. The molecule has 124 valence electrons. The van der Waals surface area contributed by atoms with Gasteiger partial charge in [-0.1, -0.05) is 19.1 Å². The molecule has 0 amide bonds. The molecule has 3 nitrogen and oxygen atoms in total. The largest absolute Gasteiger partial charge is 0.511 e. The molecule has 4 heteroatoms. The number of hydrogen-bond donors (Lipinski definition) is 1. The number of benzene rings is 1. The van der Waals surface area contributed by atoms with Crippen molar-refractivity contribution < 1.29 is 9.90 Å². The van der Waals surface area contributed by atoms with Crippen LogP contribution in [0.2, 0.25) is 0 Å². The van der Waals surface area contributed by atoms with Crippen molar-refractivity contribution in [2.75, 3.05) is 0 Å². The number of fused-ring (bicyclic) bond motifs is 2. The van der Waals surface area contributed by atoms with Crippen molar-refractivity contribution in [2.45, 2.75) is 39.5 Å². The maximum atomic E-state index is 12.9. The molecule has 1 fully saturated rings. The van der Waals surface area contributed by atoms with E-state index in [1.54, 1.807) is 11.3 Å². The molecule has 1 N–H and O–H groups in total. The van der Waals surface area contributed by atoms with Gasteiger partial charge in [0.1, 0.15) is 10.8 Å². The van der Waals surface area contributed by atoms with Gasteiger partial charge < -0.3 is 5.11 Å². The van der Waals surface area contributed by atoms with Gasteiger partial charge in [-0.05, 0) is 49.8 Å². The Bertz CT molecular complexity index is 849. The fourth-order valence-electron chi connectivity index (χ4n) is 4.01. The van der Waals surface area contributed by atoms with Crippen molar-refractivity contribution in [3.05, 3.63) is 46.2 Å². The van der Waals surface area contributed by atoms with E-state index in [4.69, 9.17) is 0 Å². The molecule has 2 bridgehead atoms. The first-order valence-electron chi connectivity index (χ1n) is 8.61. The minimum absolute atomic E-state index is 0.0939. The van der Waals surface area contributed by atoms with Crippen LogP contribution in [0.25, 0.3) is 16.1 Å². The van der Waals surface area contributed by atoms with E-state index in [9.17, 15) is 9.90 Å². The molecule has 0 spiro atoms. The highest BCUT2D eigenvalue weighted by Gasteiger charge is 2.41. The number of rotatable bonds is 3. The highest BCUT2D eigenvalue weighted by molar-refractivity contribution is 7.13. The summed E-state index contributed by atoms with van der Waals surface area (Å²) >= 11 is 1.61. The van der Waals surface area contributed by atoms with Crippen LogP contribution in [0.5, 0.6) is 0 Å². The second kappa shape index (κ2) is 5.85. The lowest BCUT2D eigenvalue weighted by Crippen LogP contribution is -2.22. The second-order valence-corrected chi connectivity index (χ2v) is 7.71. The van der Waals surface area contributed by atoms with Crippen LogP contribution in [0.1, 0.15) is 43.0 Å². The van der Waals surface area contributed by atoms with Crippen molar-refractivity contribution in [3.63, 3.8) is 0 Å². The van der Waals surface area contributed by atoms with Crippen LogP contribution in [0.4, 0.5) is 0 Å². The Morgan fingerprint density at radius 1 is 1.29 bits per heavy atom. The van der Waals surface area contributed by atoms with Crippen LogP contribution in [-0.2, 0) is 11.2 Å². The van der Waals surface area contributed by atoms with Crippen LogP contribution in [0.3, 0.4) is 0 Å². The van der Waals surface area contributed by atoms with E-state index in [-0.39, 0.29) is 17.6 Å². The van der Waals surface area contributed by atoms with Gasteiger partial charge in [-0.25, -0.2) is 4.98 Å². The molecule has 1 aromatic heterocycles. The van der Waals surface area contributed by atoms with Crippen molar-refractivity contribution in [1.82, 2.24) is 4.98 Å². The molecule has 1 heterocycles. The summed E-state index contributed by atoms with van der Waals surface area (Å²) in [4.78, 5) is 17.4. The molecule has 2 aliphatic rings. The fraction of sp³-hybridized carbons (Fsp3) is 0.400. The number of hydrogen-bond acceptors (Lipinski definition) is 4. The summed E-state index contributed by atoms with van der Waals surface area (Å²) in [6.45, 7) is 4.07. The summed E-state index contributed by atoms with van der Waals surface area (Å²) in [7, 11) is 0. The van der Waals surface area contributed by atoms with Gasteiger partial charge >= 0.3 is 0 Å². The summed E-state index contributed by atoms with van der Waals surface area (Å²) < 4.78 is 0. The lowest BCUT2D eigenvalue weighted by molar-refractivity contribution is -0.117. The van der Waals surface area contributed by atoms with Crippen molar-refractivity contribution >= 4 is 22.7 Å². The highest BCUT2D eigenvalue weighted by Crippen LogP contribution is 2.46. The average Bonchev–Trinajstić information content (AvgIpc) is 3.21. The maximum Gasteiger partial charge on any atom is 0.169 e. The number of carbonyl (C=O) groups excluding carboxylic acids is 1. The monoisotopic (exact) mass is 339 g/mol. The summed E-state index contributed by atoms with van der Waals surface area (Å²) in [6.07, 6.45) is 3.50. The molecule has 0 radical (unpaired) electrons. The Hall–Kier alpha value is -1.94. The molecule has 1 saturated carbocycles. The summed E-state index contributed by atoms with van der Waals surface area (Å²) in [5.74, 6) is 0.703. The Morgan fingerprint density at radius 2 is 2.08 bits per heavy atom. The Labute approximate surface area is 146 Å². The number of carbonyl (C=O) groups is 1. The first-order valence-corrected chi connectivity index (χ1v) is 9.49. The molecular formula is C20H21NO2S. The van der Waals surface area contributed by atoms with Crippen molar-refractivity contribution in [3.8, 4) is 10.6 Å². The van der Waals surface area contributed by atoms with E-state index in [1.807, 2.05) is 18.4 Å². The summed E-state index contributed by atoms with van der Waals surface area (Å²) in [5, 5.41) is 13.7. The number of Topliss-reactive ketones (excluding diaryl/α,β-unsaturated/α-hetero) is 1. The number of thiazole rings is 1. The van der Waals surface area contributed by atoms with Crippen molar-refractivity contribution in [1.29, 1.82) is 0 Å². The molecule has 2 aliphatic carbocycles. The zero-order chi connectivity index (χ0) is 16.8. The lowest BCUT2D eigenvalue weighted by atomic mass is 9.81. The predicted octanol–water partition coefficient (Wildman–Crippen LogP) is 4.95. The SMILES string of the molecule is CCc1ccc(-c2nc(C)cs2)cc1C1=C(O)C2CCC(C2)C1=O. The molecule has 0 saturated heterocycles. The van der Waals surface area contributed by atoms with Gasteiger partial charge in [-0.2, -0.15) is 0 Å². The molecule has 2 aromatic rings. The highest BCUT2D eigenvalue weighted by atomic mass is 32.1. The molecule has 2 atom stereocenters. The van der Waals surface area contributed by atoms with Crippen LogP contribution in [-0.4, -0.2) is 15.9 Å². The van der Waals surface area contributed by atoms with Gasteiger partial charge in [-0.3, -0.25) is 4.79 Å². The number of allylic oxidation sites excluding steroid dienone is 2. The van der Waals surface area contributed by atoms with Crippen LogP contribution >= 0.6 is 11.3 Å². The predicted molar refractivity (Wildman–Crippen MR) is 97.1 cm³/mol. The van der Waals surface area contributed by atoms with Crippen LogP contribution in [0, 0.1) is 18.8 Å². The van der Waals surface area contributed by atoms with E-state index >= 15 is 0 Å². The van der Waals surface area contributed by atoms with Gasteiger partial charge in [0.05, 0.1) is 5.57 Å². The Kier molecular flexibility index (Phi) is 3.80. The van der Waals surface area contributed by atoms with E-state index < -0.39 is 0 Å². The Morgan fingerprint density at radius 3 is 2.79 bits per heavy atom. The Balaban J connectivity index is 1.87. The summed E-state index contributed by atoms with van der Waals surface area (Å²) in [6, 6.07) is 6.19. The molecule has 24 heavy (non-hydrogen) atoms. The maximum absolute atomic E-state index is 12.9. The number of ketones is 1. The third-order valence-corrected chi connectivity index (χ3v) is 6.33. The lowest BCUT2D eigenvalue weighted by Gasteiger charge is -2.23. The number of aliphatic hydroxyl groups excluding tert-OH is 1. The quantitative estimate of drug-likeness (QED) is 0.861. The van der Waals surface area contributed by atoms with E-state index in [0.717, 1.165) is 53.1 Å². The van der Waals surface area contributed by atoms with Gasteiger partial charge in [0, 0.05) is 28.5 Å². The number of aliphatic hydroxyl groups is 1. The zero-order valence-corrected chi connectivity index (χ0v) is 14.8. The van der Waals surface area contributed by atoms with Gasteiger partial charge in [0.2, 0.25) is 0 Å². The molecular weight excluding hydrogens is 318 g/mol. The van der Waals surface area contributed by atoms with E-state index in [0.29, 0.717) is 11.3 Å². The number of aryl methyl sites for hydroxylation is 2. The number of aromatic nitrogens is 1. The molecule has 2 unspecified atom stereocenters. The van der Waals surface area contributed by atoms with Gasteiger partial charge in [0.25, 0.3) is 0 Å². The third kappa shape index (κ3) is 2.40. The van der Waals surface area contributed by atoms with E-state index in [1.165, 1.54) is 0 Å². The zero-order valence-electron chi connectivity index (χ0n) is 14.0. The first kappa shape index (κ1) is 15.6. The van der Waals surface area contributed by atoms with Gasteiger partial charge in [-0.15, -0.1) is 11.3 Å². The topological polar surface area (TPSA) is 50.2 Å². The standard InChI is InChI=1S/C20H21NO2S/c1-3-12-4-7-15(20-21-11(2)10-24-20)9-16(12)17-18(22)13-5-6-14(8-13)19(17)23/h4,7,9-10,13-14,22H,3,5-6,8H2,1-2H3. The van der Waals surface area contributed by atoms with Crippen LogP contribution in [0.15, 0.2) is 29.3 Å². The van der Waals surface area contributed by atoms with Crippen LogP contribution < -0.4 is 0 Å². The third-order valence-electron chi connectivity index (χ3n) is 5.32. The smallest absolute Gasteiger partial charge is 0.169 e.